The Bertz CT molecular complexity index is 1360. The maximum Gasteiger partial charge on any atom is 0.346 e. The lowest BCUT2D eigenvalue weighted by molar-refractivity contribution is -0.123. The number of carbonyl (C=O) groups excluding carboxylic acids is 2. The zero-order chi connectivity index (χ0) is 25.9. The monoisotopic (exact) mass is 498 g/mol. The summed E-state index contributed by atoms with van der Waals surface area (Å²) >= 11 is 0. The number of halogens is 1. The van der Waals surface area contributed by atoms with Crippen molar-refractivity contribution < 1.29 is 28.2 Å². The molecule has 0 aliphatic carbocycles. The van der Waals surface area contributed by atoms with Gasteiger partial charge in [-0.05, 0) is 71.8 Å². The van der Waals surface area contributed by atoms with Crippen molar-refractivity contribution in [3.05, 3.63) is 126 Å². The fraction of sp³-hybridized carbons (Fsp3) is 0.0690. The molecular formula is C29H23FN2O5. The minimum atomic E-state index is -0.791. The highest BCUT2D eigenvalue weighted by molar-refractivity contribution is 5.91. The molecule has 0 unspecified atom stereocenters. The van der Waals surface area contributed by atoms with Gasteiger partial charge in [0.2, 0.25) is 0 Å². The van der Waals surface area contributed by atoms with Gasteiger partial charge in [-0.1, -0.05) is 42.5 Å². The van der Waals surface area contributed by atoms with Crippen molar-refractivity contribution in [1.29, 1.82) is 0 Å². The topological polar surface area (TPSA) is 86.2 Å². The molecule has 4 rings (SSSR count). The van der Waals surface area contributed by atoms with Crippen LogP contribution in [0.25, 0.3) is 0 Å². The number of carbonyl (C=O) groups is 2. The third-order valence-electron chi connectivity index (χ3n) is 5.03. The summed E-state index contributed by atoms with van der Waals surface area (Å²) in [6.45, 7) is 0.246. The standard InChI is InChI=1S/C29H23FN2O5/c30-27-9-5-4-8-26(27)29(34)37-25-12-10-21(11-13-25)18-31-32-28(33)20-36-24-16-14-23(15-17-24)35-19-22-6-2-1-3-7-22/h1-18H,19-20H2,(H,32,33). The van der Waals surface area contributed by atoms with E-state index < -0.39 is 17.7 Å². The molecule has 0 bridgehead atoms. The number of hydrogen-bond acceptors (Lipinski definition) is 6. The molecule has 0 saturated carbocycles. The van der Waals surface area contributed by atoms with Crippen LogP contribution in [-0.4, -0.2) is 24.7 Å². The number of hydrogen-bond donors (Lipinski definition) is 1. The second kappa shape index (κ2) is 12.6. The quantitative estimate of drug-likeness (QED) is 0.141. The molecular weight excluding hydrogens is 475 g/mol. The summed E-state index contributed by atoms with van der Waals surface area (Å²) in [5.74, 6) is -0.414. The molecule has 7 nitrogen and oxygen atoms in total. The maximum atomic E-state index is 13.7. The lowest BCUT2D eigenvalue weighted by Crippen LogP contribution is -2.24. The molecule has 4 aromatic rings. The van der Waals surface area contributed by atoms with Gasteiger partial charge in [0.1, 0.15) is 29.7 Å². The summed E-state index contributed by atoms with van der Waals surface area (Å²) in [7, 11) is 0. The second-order valence-corrected chi connectivity index (χ2v) is 7.77. The molecule has 0 radical (unpaired) electrons. The van der Waals surface area contributed by atoms with Gasteiger partial charge < -0.3 is 14.2 Å². The van der Waals surface area contributed by atoms with Crippen LogP contribution in [0, 0.1) is 5.82 Å². The Labute approximate surface area is 213 Å². The minimum Gasteiger partial charge on any atom is -0.489 e. The molecule has 0 aliphatic rings. The molecule has 1 N–H and O–H groups in total. The first-order valence-corrected chi connectivity index (χ1v) is 11.3. The highest BCUT2D eigenvalue weighted by atomic mass is 19.1. The minimum absolute atomic E-state index is 0.148. The van der Waals surface area contributed by atoms with Crippen LogP contribution in [0.3, 0.4) is 0 Å². The van der Waals surface area contributed by atoms with Crippen molar-refractivity contribution >= 4 is 18.1 Å². The van der Waals surface area contributed by atoms with Crippen LogP contribution in [0.4, 0.5) is 4.39 Å². The predicted octanol–water partition coefficient (Wildman–Crippen LogP) is 5.15. The van der Waals surface area contributed by atoms with Gasteiger partial charge in [0.05, 0.1) is 11.8 Å². The third kappa shape index (κ3) is 7.76. The Morgan fingerprint density at radius 1 is 0.757 bits per heavy atom. The van der Waals surface area contributed by atoms with E-state index in [4.69, 9.17) is 14.2 Å². The lowest BCUT2D eigenvalue weighted by atomic mass is 10.2. The van der Waals surface area contributed by atoms with E-state index in [2.05, 4.69) is 10.5 Å². The number of rotatable bonds is 10. The second-order valence-electron chi connectivity index (χ2n) is 7.77. The van der Waals surface area contributed by atoms with Gasteiger partial charge >= 0.3 is 5.97 Å². The van der Waals surface area contributed by atoms with Crippen molar-refractivity contribution in [3.8, 4) is 17.2 Å². The Kier molecular flexibility index (Phi) is 8.59. The fourth-order valence-electron chi connectivity index (χ4n) is 3.14. The van der Waals surface area contributed by atoms with Gasteiger partial charge in [0.15, 0.2) is 6.61 Å². The van der Waals surface area contributed by atoms with E-state index in [1.807, 2.05) is 30.3 Å². The lowest BCUT2D eigenvalue weighted by Gasteiger charge is -2.08. The van der Waals surface area contributed by atoms with E-state index in [0.717, 1.165) is 5.56 Å². The normalized spacial score (nSPS) is 10.6. The summed E-state index contributed by atoms with van der Waals surface area (Å²) in [4.78, 5) is 24.1. The van der Waals surface area contributed by atoms with Crippen molar-refractivity contribution in [2.45, 2.75) is 6.61 Å². The predicted molar refractivity (Wildman–Crippen MR) is 136 cm³/mol. The number of benzene rings is 4. The molecule has 37 heavy (non-hydrogen) atoms. The number of esters is 1. The first-order chi connectivity index (χ1) is 18.1. The van der Waals surface area contributed by atoms with Gasteiger partial charge in [-0.2, -0.15) is 5.10 Å². The Morgan fingerprint density at radius 3 is 2.08 bits per heavy atom. The Hall–Kier alpha value is -4.98. The summed E-state index contributed by atoms with van der Waals surface area (Å²) < 4.78 is 30.1. The summed E-state index contributed by atoms with van der Waals surface area (Å²) in [5.41, 5.74) is 3.95. The van der Waals surface area contributed by atoms with Gasteiger partial charge in [-0.3, -0.25) is 4.79 Å². The van der Waals surface area contributed by atoms with Gasteiger partial charge in [0.25, 0.3) is 5.91 Å². The molecule has 0 aromatic heterocycles. The smallest absolute Gasteiger partial charge is 0.346 e. The first kappa shape index (κ1) is 25.1. The highest BCUT2D eigenvalue weighted by Gasteiger charge is 2.13. The SMILES string of the molecule is O=C(COc1ccc(OCc2ccccc2)cc1)NN=Cc1ccc(OC(=O)c2ccccc2F)cc1. The number of ether oxygens (including phenoxy) is 3. The van der Waals surface area contributed by atoms with Crippen molar-refractivity contribution in [2.24, 2.45) is 5.10 Å². The third-order valence-corrected chi connectivity index (χ3v) is 5.03. The Morgan fingerprint density at radius 2 is 1.38 bits per heavy atom. The van der Waals surface area contributed by atoms with E-state index >= 15 is 0 Å². The number of amides is 1. The summed E-state index contributed by atoms with van der Waals surface area (Å²) in [5, 5.41) is 3.89. The van der Waals surface area contributed by atoms with Gasteiger partial charge in [0, 0.05) is 0 Å². The number of hydrazone groups is 1. The zero-order valence-electron chi connectivity index (χ0n) is 19.7. The van der Waals surface area contributed by atoms with Crippen LogP contribution >= 0.6 is 0 Å². The highest BCUT2D eigenvalue weighted by Crippen LogP contribution is 2.19. The molecule has 4 aromatic carbocycles. The van der Waals surface area contributed by atoms with Crippen molar-refractivity contribution in [2.75, 3.05) is 6.61 Å². The van der Waals surface area contributed by atoms with Crippen LogP contribution in [0.15, 0.2) is 108 Å². The fourth-order valence-corrected chi connectivity index (χ4v) is 3.14. The zero-order valence-corrected chi connectivity index (χ0v) is 19.7. The molecule has 8 heteroatoms. The average molecular weight is 499 g/mol. The van der Waals surface area contributed by atoms with Crippen LogP contribution in [-0.2, 0) is 11.4 Å². The molecule has 0 fully saturated rings. The molecule has 0 spiro atoms. The van der Waals surface area contributed by atoms with E-state index in [9.17, 15) is 14.0 Å². The summed E-state index contributed by atoms with van der Waals surface area (Å²) in [6.07, 6.45) is 1.43. The van der Waals surface area contributed by atoms with E-state index in [0.29, 0.717) is 23.7 Å². The first-order valence-electron chi connectivity index (χ1n) is 11.3. The van der Waals surface area contributed by atoms with Crippen LogP contribution in [0.2, 0.25) is 0 Å². The van der Waals surface area contributed by atoms with Crippen LogP contribution < -0.4 is 19.6 Å². The molecule has 0 aliphatic heterocycles. The average Bonchev–Trinajstić information content (AvgIpc) is 2.93. The number of nitrogens with zero attached hydrogens (tertiary/aromatic N) is 1. The van der Waals surface area contributed by atoms with E-state index in [1.54, 1.807) is 42.5 Å². The van der Waals surface area contributed by atoms with Gasteiger partial charge in [-0.25, -0.2) is 14.6 Å². The largest absolute Gasteiger partial charge is 0.489 e. The number of nitrogens with one attached hydrogen (secondary N) is 1. The van der Waals surface area contributed by atoms with Crippen molar-refractivity contribution in [3.63, 3.8) is 0 Å². The molecule has 186 valence electrons. The van der Waals surface area contributed by atoms with Crippen LogP contribution in [0.5, 0.6) is 17.2 Å². The molecule has 0 saturated heterocycles. The van der Waals surface area contributed by atoms with E-state index in [1.165, 1.54) is 36.5 Å². The molecule has 0 atom stereocenters. The molecule has 0 heterocycles. The van der Waals surface area contributed by atoms with Crippen LogP contribution in [0.1, 0.15) is 21.5 Å². The molecule has 1 amide bonds. The Balaban J connectivity index is 1.18. The maximum absolute atomic E-state index is 13.7. The van der Waals surface area contributed by atoms with Gasteiger partial charge in [-0.15, -0.1) is 0 Å². The van der Waals surface area contributed by atoms with Crippen molar-refractivity contribution in [1.82, 2.24) is 5.43 Å². The summed E-state index contributed by atoms with van der Waals surface area (Å²) in [6, 6.07) is 28.7. The van der Waals surface area contributed by atoms with E-state index in [-0.39, 0.29) is 17.9 Å².